The van der Waals surface area contributed by atoms with Gasteiger partial charge in [-0.05, 0) is 68.2 Å². The smallest absolute Gasteiger partial charge is 0.416 e. The van der Waals surface area contributed by atoms with E-state index in [0.29, 0.717) is 12.3 Å². The standard InChI is InChI=1S/C25H31F3O6/c1-14-4-9-19-15(2)20(31-22-24(19)18(14)10-12-23(3,32-22)33-34-24)11-13-30-21(29)16-5-7-17(8-6-16)25(26,27)28/h5-8,14-15,18-20,22H,4,9-13H2,1-3H3/t14-,15-,18+,19+,20-,22-,23?,24-/m1/s1. The van der Waals surface area contributed by atoms with Crippen LogP contribution in [0.5, 0.6) is 0 Å². The Hall–Kier alpha value is -1.68. The minimum absolute atomic E-state index is 0.0801. The fraction of sp³-hybridized carbons (Fsp3) is 0.720. The van der Waals surface area contributed by atoms with Crippen LogP contribution in [0.2, 0.25) is 0 Å². The lowest BCUT2D eigenvalue weighted by Gasteiger charge is -2.60. The summed E-state index contributed by atoms with van der Waals surface area (Å²) < 4.78 is 56.4. The van der Waals surface area contributed by atoms with Gasteiger partial charge in [0.2, 0.25) is 5.79 Å². The maximum absolute atomic E-state index is 12.7. The van der Waals surface area contributed by atoms with E-state index in [2.05, 4.69) is 13.8 Å². The molecule has 188 valence electrons. The highest BCUT2D eigenvalue weighted by atomic mass is 19.4. The van der Waals surface area contributed by atoms with Gasteiger partial charge in [-0.15, -0.1) is 0 Å². The molecular formula is C25H31F3O6. The number of rotatable bonds is 4. The van der Waals surface area contributed by atoms with Gasteiger partial charge in [-0.25, -0.2) is 14.6 Å². The molecule has 1 saturated carbocycles. The Bertz CT molecular complexity index is 920. The maximum Gasteiger partial charge on any atom is 0.416 e. The van der Waals surface area contributed by atoms with E-state index in [1.54, 1.807) is 0 Å². The van der Waals surface area contributed by atoms with E-state index in [4.69, 9.17) is 24.0 Å². The first-order valence-electron chi connectivity index (χ1n) is 12.1. The molecule has 0 aromatic heterocycles. The lowest BCUT2D eigenvalue weighted by atomic mass is 9.57. The van der Waals surface area contributed by atoms with Gasteiger partial charge in [0.25, 0.3) is 0 Å². The van der Waals surface area contributed by atoms with Gasteiger partial charge in [-0.3, -0.25) is 0 Å². The molecule has 0 radical (unpaired) electrons. The molecule has 4 aliphatic heterocycles. The van der Waals surface area contributed by atoms with Crippen molar-refractivity contribution in [3.8, 4) is 0 Å². The van der Waals surface area contributed by atoms with Crippen molar-refractivity contribution in [1.29, 1.82) is 0 Å². The van der Waals surface area contributed by atoms with E-state index in [-0.39, 0.29) is 36.0 Å². The Morgan fingerprint density at radius 1 is 1.09 bits per heavy atom. The Balaban J connectivity index is 1.25. The molecule has 0 N–H and O–H groups in total. The second-order valence-electron chi connectivity index (χ2n) is 10.4. The average molecular weight is 485 g/mol. The molecular weight excluding hydrogens is 453 g/mol. The maximum atomic E-state index is 12.7. The molecule has 1 unspecified atom stereocenters. The third kappa shape index (κ3) is 3.94. The molecule has 5 aliphatic rings. The van der Waals surface area contributed by atoms with Crippen molar-refractivity contribution in [3.63, 3.8) is 0 Å². The molecule has 1 aliphatic carbocycles. The zero-order chi connectivity index (χ0) is 24.3. The summed E-state index contributed by atoms with van der Waals surface area (Å²) >= 11 is 0. The summed E-state index contributed by atoms with van der Waals surface area (Å²) in [4.78, 5) is 24.3. The van der Waals surface area contributed by atoms with Crippen molar-refractivity contribution >= 4 is 5.97 Å². The van der Waals surface area contributed by atoms with Crippen molar-refractivity contribution in [2.24, 2.45) is 23.7 Å². The summed E-state index contributed by atoms with van der Waals surface area (Å²) in [6, 6.07) is 4.02. The topological polar surface area (TPSA) is 63.2 Å². The summed E-state index contributed by atoms with van der Waals surface area (Å²) in [6.45, 7) is 6.36. The number of esters is 1. The summed E-state index contributed by atoms with van der Waals surface area (Å²) in [5.41, 5.74) is -1.36. The van der Waals surface area contributed by atoms with Crippen LogP contribution in [0.15, 0.2) is 24.3 Å². The molecule has 6 rings (SSSR count). The molecule has 6 nitrogen and oxygen atoms in total. The van der Waals surface area contributed by atoms with Gasteiger partial charge in [0.05, 0.1) is 23.8 Å². The predicted molar refractivity (Wildman–Crippen MR) is 113 cm³/mol. The first-order valence-corrected chi connectivity index (χ1v) is 12.1. The molecule has 4 saturated heterocycles. The molecule has 9 heteroatoms. The molecule has 0 amide bonds. The van der Waals surface area contributed by atoms with Crippen LogP contribution < -0.4 is 0 Å². The number of fused-ring (bicyclic) bond motifs is 2. The van der Waals surface area contributed by atoms with E-state index < -0.39 is 35.4 Å². The second-order valence-corrected chi connectivity index (χ2v) is 10.4. The van der Waals surface area contributed by atoms with Crippen LogP contribution in [0.1, 0.15) is 68.8 Å². The van der Waals surface area contributed by atoms with E-state index in [0.717, 1.165) is 49.9 Å². The largest absolute Gasteiger partial charge is 0.462 e. The number of alkyl halides is 3. The monoisotopic (exact) mass is 484 g/mol. The minimum Gasteiger partial charge on any atom is -0.462 e. The number of ether oxygens (including phenoxy) is 3. The Kier molecular flexibility index (Phi) is 5.98. The zero-order valence-corrected chi connectivity index (χ0v) is 19.6. The lowest BCUT2D eigenvalue weighted by molar-refractivity contribution is -0.571. The summed E-state index contributed by atoms with van der Waals surface area (Å²) in [7, 11) is 0. The molecule has 1 aromatic rings. The van der Waals surface area contributed by atoms with Crippen LogP contribution >= 0.6 is 0 Å². The van der Waals surface area contributed by atoms with E-state index >= 15 is 0 Å². The van der Waals surface area contributed by atoms with Gasteiger partial charge in [0, 0.05) is 18.8 Å². The number of benzene rings is 1. The van der Waals surface area contributed by atoms with Gasteiger partial charge in [-0.1, -0.05) is 13.8 Å². The third-order valence-corrected chi connectivity index (χ3v) is 8.38. The molecule has 34 heavy (non-hydrogen) atoms. The summed E-state index contributed by atoms with van der Waals surface area (Å²) in [5.74, 6) is -0.437. The van der Waals surface area contributed by atoms with Gasteiger partial charge >= 0.3 is 12.1 Å². The van der Waals surface area contributed by atoms with Crippen molar-refractivity contribution in [2.45, 2.75) is 82.8 Å². The number of halogens is 3. The molecule has 1 spiro atoms. The molecule has 4 heterocycles. The molecule has 1 aromatic carbocycles. The Labute approximate surface area is 196 Å². The van der Waals surface area contributed by atoms with E-state index in [9.17, 15) is 18.0 Å². The molecule has 5 fully saturated rings. The number of hydrogen-bond acceptors (Lipinski definition) is 6. The van der Waals surface area contributed by atoms with Crippen LogP contribution in [0.25, 0.3) is 0 Å². The van der Waals surface area contributed by atoms with Crippen molar-refractivity contribution < 1.29 is 42.0 Å². The quantitative estimate of drug-likeness (QED) is 0.415. The minimum atomic E-state index is -4.45. The highest BCUT2D eigenvalue weighted by Crippen LogP contribution is 2.60. The van der Waals surface area contributed by atoms with Crippen LogP contribution in [0.3, 0.4) is 0 Å². The van der Waals surface area contributed by atoms with Gasteiger partial charge in [0.1, 0.15) is 0 Å². The van der Waals surface area contributed by atoms with Gasteiger partial charge in [0.15, 0.2) is 11.9 Å². The summed E-state index contributed by atoms with van der Waals surface area (Å²) in [6.07, 6.45) is -0.989. The number of hydrogen-bond donors (Lipinski definition) is 0. The Morgan fingerprint density at radius 3 is 2.53 bits per heavy atom. The van der Waals surface area contributed by atoms with Crippen LogP contribution in [0, 0.1) is 23.7 Å². The number of carbonyl (C=O) groups excluding carboxylic acids is 1. The first-order chi connectivity index (χ1) is 16.0. The predicted octanol–water partition coefficient (Wildman–Crippen LogP) is 5.50. The second kappa shape index (κ2) is 8.47. The zero-order valence-electron chi connectivity index (χ0n) is 19.6. The Morgan fingerprint density at radius 2 is 1.82 bits per heavy atom. The fourth-order valence-corrected chi connectivity index (χ4v) is 6.46. The summed E-state index contributed by atoms with van der Waals surface area (Å²) in [5, 5.41) is 0. The van der Waals surface area contributed by atoms with Gasteiger partial charge in [-0.2, -0.15) is 13.2 Å². The highest BCUT2D eigenvalue weighted by Gasteiger charge is 2.69. The van der Waals surface area contributed by atoms with Crippen LogP contribution in [-0.4, -0.2) is 36.4 Å². The van der Waals surface area contributed by atoms with E-state index in [1.807, 2.05) is 6.92 Å². The average Bonchev–Trinajstić information content (AvgIpc) is 3.02. The van der Waals surface area contributed by atoms with Crippen LogP contribution in [-0.2, 0) is 30.2 Å². The number of carbonyl (C=O) groups is 1. The third-order valence-electron chi connectivity index (χ3n) is 8.38. The molecule has 8 atom stereocenters. The molecule has 2 bridgehead atoms. The van der Waals surface area contributed by atoms with Crippen molar-refractivity contribution in [3.05, 3.63) is 35.4 Å². The SMILES string of the molecule is C[C@H]1[C@@H](CCOC(=O)c2ccc(C(F)(F)F)cc2)O[C@@H]2OC3(C)CC[C@H]4[C@H](C)CC[C@@H]1[C@@]24OO3. The van der Waals surface area contributed by atoms with Crippen LogP contribution in [0.4, 0.5) is 13.2 Å². The van der Waals surface area contributed by atoms with Gasteiger partial charge < -0.3 is 14.2 Å². The van der Waals surface area contributed by atoms with Crippen molar-refractivity contribution in [2.75, 3.05) is 6.61 Å². The van der Waals surface area contributed by atoms with Crippen molar-refractivity contribution in [1.82, 2.24) is 0 Å². The fourth-order valence-electron chi connectivity index (χ4n) is 6.46. The highest BCUT2D eigenvalue weighted by molar-refractivity contribution is 5.89. The van der Waals surface area contributed by atoms with E-state index in [1.165, 1.54) is 0 Å². The lowest BCUT2D eigenvalue weighted by Crippen LogP contribution is -2.70. The first kappa shape index (κ1) is 24.0. The normalized spacial score (nSPS) is 41.5.